The summed E-state index contributed by atoms with van der Waals surface area (Å²) in [6.07, 6.45) is 1.63. The average Bonchev–Trinajstić information content (AvgIpc) is 2.47. The zero-order valence-corrected chi connectivity index (χ0v) is 15.9. The molecule has 0 aliphatic carbocycles. The van der Waals surface area contributed by atoms with Crippen LogP contribution in [-0.2, 0) is 4.79 Å². The van der Waals surface area contributed by atoms with E-state index >= 15 is 0 Å². The van der Waals surface area contributed by atoms with Gasteiger partial charge >= 0.3 is 0 Å². The first-order valence-corrected chi connectivity index (χ1v) is 8.60. The van der Waals surface area contributed by atoms with E-state index in [4.69, 9.17) is 23.2 Å². The van der Waals surface area contributed by atoms with E-state index in [0.717, 1.165) is 13.1 Å². The summed E-state index contributed by atoms with van der Waals surface area (Å²) in [5.41, 5.74) is 0.553. The quantitative estimate of drug-likeness (QED) is 0.547. The number of carbonyl (C=O) groups excluding carboxylic acids is 1. The second-order valence-corrected chi connectivity index (χ2v) is 7.29. The van der Waals surface area contributed by atoms with Gasteiger partial charge in [0.25, 0.3) is 5.91 Å². The lowest BCUT2D eigenvalue weighted by Crippen LogP contribution is -2.28. The summed E-state index contributed by atoms with van der Waals surface area (Å²) < 4.78 is 0. The highest BCUT2D eigenvalue weighted by atomic mass is 35.5. The topological polar surface area (TPSA) is 56.1 Å². The Morgan fingerprint density at radius 3 is 2.25 bits per heavy atom. The van der Waals surface area contributed by atoms with Crippen LogP contribution in [0.4, 0.5) is 5.69 Å². The first kappa shape index (κ1) is 20.3. The average molecular weight is 368 g/mol. The molecule has 0 saturated carbocycles. The Kier molecular flexibility index (Phi) is 8.10. The molecule has 6 heteroatoms. The first-order chi connectivity index (χ1) is 11.2. The van der Waals surface area contributed by atoms with E-state index in [1.54, 1.807) is 24.4 Å². The molecule has 1 aromatic rings. The van der Waals surface area contributed by atoms with Gasteiger partial charge < -0.3 is 10.2 Å². The number of nitrogens with zero attached hydrogens (tertiary/aromatic N) is 2. The molecule has 0 spiro atoms. The molecule has 1 amide bonds. The summed E-state index contributed by atoms with van der Waals surface area (Å²) in [6.45, 7) is 9.96. The Morgan fingerprint density at radius 2 is 1.79 bits per heavy atom. The molecule has 0 saturated heterocycles. The van der Waals surface area contributed by atoms with Crippen LogP contribution in [0.2, 0.25) is 10.0 Å². The van der Waals surface area contributed by atoms with Gasteiger partial charge in [0.1, 0.15) is 11.6 Å². The maximum atomic E-state index is 12.3. The molecular weight excluding hydrogens is 345 g/mol. The van der Waals surface area contributed by atoms with Gasteiger partial charge in [-0.15, -0.1) is 0 Å². The highest BCUT2D eigenvalue weighted by Crippen LogP contribution is 2.25. The molecule has 0 fully saturated rings. The number of amides is 1. The lowest BCUT2D eigenvalue weighted by molar-refractivity contribution is -0.112. The number of nitrogens with one attached hydrogen (secondary N) is 1. The lowest BCUT2D eigenvalue weighted by atomic mass is 10.1. The summed E-state index contributed by atoms with van der Waals surface area (Å²) >= 11 is 11.8. The number of halogens is 2. The van der Waals surface area contributed by atoms with Gasteiger partial charge in [-0.1, -0.05) is 50.9 Å². The third-order valence-electron chi connectivity index (χ3n) is 3.05. The predicted octanol–water partition coefficient (Wildman–Crippen LogP) is 4.95. The first-order valence-electron chi connectivity index (χ1n) is 7.85. The van der Waals surface area contributed by atoms with Crippen molar-refractivity contribution in [2.45, 2.75) is 27.7 Å². The van der Waals surface area contributed by atoms with Crippen molar-refractivity contribution in [2.75, 3.05) is 18.4 Å². The van der Waals surface area contributed by atoms with E-state index < -0.39 is 5.91 Å². The van der Waals surface area contributed by atoms with Crippen LogP contribution in [0.25, 0.3) is 0 Å². The molecular formula is C18H23Cl2N3O. The van der Waals surface area contributed by atoms with Crippen LogP contribution in [0.5, 0.6) is 0 Å². The Hall–Kier alpha value is -1.70. The Morgan fingerprint density at radius 1 is 1.21 bits per heavy atom. The second-order valence-electron chi connectivity index (χ2n) is 6.48. The molecule has 4 nitrogen and oxygen atoms in total. The number of hydrogen-bond acceptors (Lipinski definition) is 3. The zero-order chi connectivity index (χ0) is 18.3. The summed E-state index contributed by atoms with van der Waals surface area (Å²) in [5.74, 6) is 0.393. The van der Waals surface area contributed by atoms with Gasteiger partial charge in [-0.2, -0.15) is 5.26 Å². The fourth-order valence-corrected chi connectivity index (χ4v) is 2.51. The van der Waals surface area contributed by atoms with Crippen LogP contribution in [0.15, 0.2) is 30.0 Å². The van der Waals surface area contributed by atoms with E-state index in [1.807, 2.05) is 11.0 Å². The molecule has 0 bridgehead atoms. The molecule has 0 unspecified atom stereocenters. The van der Waals surface area contributed by atoms with Crippen molar-refractivity contribution in [3.05, 3.63) is 40.0 Å². The predicted molar refractivity (Wildman–Crippen MR) is 100 cm³/mol. The summed E-state index contributed by atoms with van der Waals surface area (Å²) in [4.78, 5) is 14.4. The van der Waals surface area contributed by atoms with Gasteiger partial charge in [0.2, 0.25) is 0 Å². The summed E-state index contributed by atoms with van der Waals surface area (Å²) in [7, 11) is 0. The number of nitriles is 1. The van der Waals surface area contributed by atoms with Crippen LogP contribution in [0.3, 0.4) is 0 Å². The highest BCUT2D eigenvalue weighted by Gasteiger charge is 2.14. The molecule has 1 N–H and O–H groups in total. The van der Waals surface area contributed by atoms with Crippen molar-refractivity contribution in [3.63, 3.8) is 0 Å². The van der Waals surface area contributed by atoms with Crippen molar-refractivity contribution < 1.29 is 4.79 Å². The molecule has 0 aliphatic rings. The highest BCUT2D eigenvalue weighted by molar-refractivity contribution is 6.42. The van der Waals surface area contributed by atoms with E-state index in [2.05, 4.69) is 33.0 Å². The van der Waals surface area contributed by atoms with Gasteiger partial charge in [-0.25, -0.2) is 0 Å². The van der Waals surface area contributed by atoms with Crippen LogP contribution in [0, 0.1) is 23.2 Å². The zero-order valence-electron chi connectivity index (χ0n) is 14.4. The van der Waals surface area contributed by atoms with Gasteiger partial charge in [0, 0.05) is 25.0 Å². The molecule has 0 aromatic heterocycles. The minimum Gasteiger partial charge on any atom is -0.376 e. The summed E-state index contributed by atoms with van der Waals surface area (Å²) in [6, 6.07) is 6.76. The van der Waals surface area contributed by atoms with Crippen molar-refractivity contribution in [1.29, 1.82) is 5.26 Å². The molecule has 0 radical (unpaired) electrons. The molecule has 24 heavy (non-hydrogen) atoms. The lowest BCUT2D eigenvalue weighted by Gasteiger charge is -2.25. The van der Waals surface area contributed by atoms with Crippen LogP contribution < -0.4 is 5.32 Å². The Bertz CT molecular complexity index is 638. The third-order valence-corrected chi connectivity index (χ3v) is 3.79. The van der Waals surface area contributed by atoms with Crippen LogP contribution in [-0.4, -0.2) is 23.9 Å². The van der Waals surface area contributed by atoms with E-state index in [0.29, 0.717) is 27.6 Å². The van der Waals surface area contributed by atoms with Crippen molar-refractivity contribution >= 4 is 34.8 Å². The number of carbonyl (C=O) groups is 1. The van der Waals surface area contributed by atoms with Gasteiger partial charge in [-0.3, -0.25) is 4.79 Å². The second kappa shape index (κ2) is 9.56. The SMILES string of the molecule is CC(C)CN(/C=C(/C#N)C(=O)Nc1ccc(Cl)c(Cl)c1)CC(C)C. The fraction of sp³-hybridized carbons (Fsp3) is 0.444. The Balaban J connectivity index is 2.93. The maximum Gasteiger partial charge on any atom is 0.267 e. The fourth-order valence-electron chi connectivity index (χ4n) is 2.21. The largest absolute Gasteiger partial charge is 0.376 e. The van der Waals surface area contributed by atoms with E-state index in [-0.39, 0.29) is 5.57 Å². The number of anilines is 1. The number of rotatable bonds is 7. The van der Waals surface area contributed by atoms with Crippen LogP contribution in [0.1, 0.15) is 27.7 Å². The number of hydrogen-bond donors (Lipinski definition) is 1. The van der Waals surface area contributed by atoms with Crippen LogP contribution >= 0.6 is 23.2 Å². The van der Waals surface area contributed by atoms with Crippen molar-refractivity contribution in [2.24, 2.45) is 11.8 Å². The third kappa shape index (κ3) is 6.82. The van der Waals surface area contributed by atoms with E-state index in [9.17, 15) is 10.1 Å². The molecule has 0 heterocycles. The molecule has 0 atom stereocenters. The molecule has 1 rings (SSSR count). The Labute approximate surface area is 154 Å². The molecule has 0 aliphatic heterocycles. The van der Waals surface area contributed by atoms with Crippen molar-refractivity contribution in [1.82, 2.24) is 4.90 Å². The van der Waals surface area contributed by atoms with Crippen molar-refractivity contribution in [3.8, 4) is 6.07 Å². The van der Waals surface area contributed by atoms with Gasteiger partial charge in [0.05, 0.1) is 10.0 Å². The molecule has 1 aromatic carbocycles. The smallest absolute Gasteiger partial charge is 0.267 e. The number of benzene rings is 1. The maximum absolute atomic E-state index is 12.3. The monoisotopic (exact) mass is 367 g/mol. The standard InChI is InChI=1S/C18H23Cl2N3O/c1-12(2)9-23(10-13(3)4)11-14(8-21)18(24)22-15-5-6-16(19)17(20)7-15/h5-7,11-13H,9-10H2,1-4H3,(H,22,24)/b14-11-. The summed E-state index contributed by atoms with van der Waals surface area (Å²) in [5, 5.41) is 12.8. The minimum absolute atomic E-state index is 0.0578. The minimum atomic E-state index is -0.464. The van der Waals surface area contributed by atoms with Gasteiger partial charge in [0.15, 0.2) is 0 Å². The van der Waals surface area contributed by atoms with E-state index in [1.165, 1.54) is 0 Å². The van der Waals surface area contributed by atoms with Gasteiger partial charge in [-0.05, 0) is 30.0 Å². The molecule has 130 valence electrons. The normalized spacial score (nSPS) is 11.5.